The number of nitrogens with one attached hydrogen (secondary N) is 1. The molecular weight excluding hydrogens is 276 g/mol. The second-order valence-corrected chi connectivity index (χ2v) is 6.51. The molecule has 2 saturated carbocycles. The molecule has 0 amide bonds. The van der Waals surface area contributed by atoms with Gasteiger partial charge < -0.3 is 5.32 Å². The Hall–Kier alpha value is -0.410. The molecule has 2 nitrogen and oxygen atoms in total. The third-order valence-electron chi connectivity index (χ3n) is 4.44. The zero-order valence-electron chi connectivity index (χ0n) is 10.2. The van der Waals surface area contributed by atoms with Crippen LogP contribution < -0.4 is 5.32 Å². The first-order valence-corrected chi connectivity index (χ1v) is 7.32. The zero-order chi connectivity index (χ0) is 11.8. The zero-order valence-corrected chi connectivity index (χ0v) is 11.8. The summed E-state index contributed by atoms with van der Waals surface area (Å²) in [5, 5.41) is 3.51. The second-order valence-electron chi connectivity index (χ2n) is 5.60. The van der Waals surface area contributed by atoms with E-state index in [9.17, 15) is 0 Å². The smallest absolute Gasteiger partial charge is 0.0410 e. The molecule has 3 heteroatoms. The minimum Gasteiger partial charge on any atom is -0.316 e. The van der Waals surface area contributed by atoms with Crippen LogP contribution >= 0.6 is 15.9 Å². The van der Waals surface area contributed by atoms with E-state index in [0.717, 1.165) is 28.6 Å². The summed E-state index contributed by atoms with van der Waals surface area (Å²) in [6, 6.07) is 2.81. The van der Waals surface area contributed by atoms with E-state index in [-0.39, 0.29) is 0 Å². The van der Waals surface area contributed by atoms with Gasteiger partial charge in [-0.05, 0) is 78.0 Å². The Morgan fingerprint density at radius 1 is 1.35 bits per heavy atom. The van der Waals surface area contributed by atoms with Crippen LogP contribution in [0.25, 0.3) is 0 Å². The molecule has 1 N–H and O–H groups in total. The summed E-state index contributed by atoms with van der Waals surface area (Å²) >= 11 is 3.49. The number of pyridine rings is 1. The van der Waals surface area contributed by atoms with Crippen LogP contribution in [0.15, 0.2) is 22.9 Å². The highest BCUT2D eigenvalue weighted by atomic mass is 79.9. The lowest BCUT2D eigenvalue weighted by atomic mass is 9.90. The van der Waals surface area contributed by atoms with Crippen molar-refractivity contribution in [3.63, 3.8) is 0 Å². The van der Waals surface area contributed by atoms with E-state index < -0.39 is 0 Å². The number of fused-ring (bicyclic) bond motifs is 1. The van der Waals surface area contributed by atoms with Crippen LogP contribution in [0.3, 0.4) is 0 Å². The predicted molar refractivity (Wildman–Crippen MR) is 72.8 cm³/mol. The molecule has 0 saturated heterocycles. The van der Waals surface area contributed by atoms with Gasteiger partial charge in [-0.25, -0.2) is 0 Å². The molecule has 3 unspecified atom stereocenters. The molecule has 0 spiro atoms. The number of rotatable bonds is 4. The van der Waals surface area contributed by atoms with E-state index in [1.165, 1.54) is 24.8 Å². The monoisotopic (exact) mass is 294 g/mol. The van der Waals surface area contributed by atoms with Crippen molar-refractivity contribution in [2.24, 2.45) is 17.8 Å². The van der Waals surface area contributed by atoms with E-state index in [1.54, 1.807) is 0 Å². The second kappa shape index (κ2) is 4.69. The Kier molecular flexibility index (Phi) is 3.22. The summed E-state index contributed by atoms with van der Waals surface area (Å²) in [6.45, 7) is 0. The first kappa shape index (κ1) is 11.7. The number of likely N-dealkylation sites (N-methyl/N-ethyl adjacent to an activating group) is 1. The number of hydrogen-bond acceptors (Lipinski definition) is 2. The van der Waals surface area contributed by atoms with Gasteiger partial charge in [0.1, 0.15) is 0 Å². The molecule has 0 radical (unpaired) electrons. The fourth-order valence-corrected chi connectivity index (χ4v) is 3.83. The SMILES string of the molecule is CNC(Cc1cncc(Br)c1)C1CC2CC2C1. The van der Waals surface area contributed by atoms with Gasteiger partial charge in [-0.15, -0.1) is 0 Å². The number of nitrogens with zero attached hydrogens (tertiary/aromatic N) is 1. The Bertz CT molecular complexity index is 397. The summed E-state index contributed by atoms with van der Waals surface area (Å²) in [6.07, 6.45) is 9.33. The summed E-state index contributed by atoms with van der Waals surface area (Å²) in [5.41, 5.74) is 1.33. The van der Waals surface area contributed by atoms with Crippen molar-refractivity contribution >= 4 is 15.9 Å². The van der Waals surface area contributed by atoms with Gasteiger partial charge in [-0.2, -0.15) is 0 Å². The summed E-state index contributed by atoms with van der Waals surface area (Å²) in [5.74, 6) is 3.01. The Labute approximate surface area is 111 Å². The molecule has 1 heterocycles. The van der Waals surface area contributed by atoms with Crippen molar-refractivity contribution in [2.75, 3.05) is 7.05 Å². The largest absolute Gasteiger partial charge is 0.316 e. The molecule has 0 bridgehead atoms. The molecular formula is C14H19BrN2. The minimum absolute atomic E-state index is 0.624. The van der Waals surface area contributed by atoms with E-state index in [1.807, 2.05) is 12.4 Å². The average molecular weight is 295 g/mol. The first-order valence-electron chi connectivity index (χ1n) is 6.53. The quantitative estimate of drug-likeness (QED) is 0.923. The lowest BCUT2D eigenvalue weighted by Crippen LogP contribution is -2.35. The maximum Gasteiger partial charge on any atom is 0.0410 e. The van der Waals surface area contributed by atoms with Crippen molar-refractivity contribution < 1.29 is 0 Å². The van der Waals surface area contributed by atoms with Crippen LogP contribution in [0, 0.1) is 17.8 Å². The van der Waals surface area contributed by atoms with E-state index >= 15 is 0 Å². The molecule has 0 aliphatic heterocycles. The highest BCUT2D eigenvalue weighted by molar-refractivity contribution is 9.10. The van der Waals surface area contributed by atoms with Gasteiger partial charge in [0.25, 0.3) is 0 Å². The third kappa shape index (κ3) is 2.55. The van der Waals surface area contributed by atoms with Crippen molar-refractivity contribution in [1.82, 2.24) is 10.3 Å². The third-order valence-corrected chi connectivity index (χ3v) is 4.87. The van der Waals surface area contributed by atoms with Crippen LogP contribution in [0.5, 0.6) is 0 Å². The van der Waals surface area contributed by atoms with Gasteiger partial charge in [-0.1, -0.05) is 0 Å². The number of halogens is 1. The molecule has 0 aromatic carbocycles. The normalized spacial score (nSPS) is 32.2. The van der Waals surface area contributed by atoms with Gasteiger partial charge in [0.2, 0.25) is 0 Å². The van der Waals surface area contributed by atoms with Crippen molar-refractivity contribution in [2.45, 2.75) is 31.7 Å². The van der Waals surface area contributed by atoms with Crippen LogP contribution in [0.2, 0.25) is 0 Å². The maximum atomic E-state index is 4.25. The summed E-state index contributed by atoms with van der Waals surface area (Å²) in [4.78, 5) is 4.25. The summed E-state index contributed by atoms with van der Waals surface area (Å²) in [7, 11) is 2.10. The van der Waals surface area contributed by atoms with E-state index in [0.29, 0.717) is 6.04 Å². The average Bonchev–Trinajstić information content (AvgIpc) is 2.93. The van der Waals surface area contributed by atoms with Gasteiger partial charge >= 0.3 is 0 Å². The van der Waals surface area contributed by atoms with Crippen molar-refractivity contribution in [3.8, 4) is 0 Å². The minimum atomic E-state index is 0.624. The standard InChI is InChI=1S/C14H19BrN2/c1-16-14(12-5-10-4-11(10)6-12)3-9-2-13(15)8-17-7-9/h2,7-8,10-12,14,16H,3-6H2,1H3. The molecule has 3 atom stereocenters. The Morgan fingerprint density at radius 3 is 2.76 bits per heavy atom. The molecule has 1 aromatic rings. The lowest BCUT2D eigenvalue weighted by Gasteiger charge is -2.24. The Balaban J connectivity index is 1.65. The van der Waals surface area contributed by atoms with Crippen LogP contribution in [0.1, 0.15) is 24.8 Å². The van der Waals surface area contributed by atoms with Gasteiger partial charge in [-0.3, -0.25) is 4.98 Å². The predicted octanol–water partition coefficient (Wildman–Crippen LogP) is 3.02. The van der Waals surface area contributed by atoms with Crippen molar-refractivity contribution in [3.05, 3.63) is 28.5 Å². The molecule has 2 aliphatic carbocycles. The topological polar surface area (TPSA) is 24.9 Å². The molecule has 3 rings (SSSR count). The first-order chi connectivity index (χ1) is 8.26. The molecule has 92 valence electrons. The van der Waals surface area contributed by atoms with Crippen LogP contribution in [-0.4, -0.2) is 18.1 Å². The fourth-order valence-electron chi connectivity index (χ4n) is 3.42. The van der Waals surface area contributed by atoms with Crippen molar-refractivity contribution in [1.29, 1.82) is 0 Å². The van der Waals surface area contributed by atoms with E-state index in [2.05, 4.69) is 39.3 Å². The van der Waals surface area contributed by atoms with Crippen LogP contribution in [0.4, 0.5) is 0 Å². The Morgan fingerprint density at radius 2 is 2.12 bits per heavy atom. The van der Waals surface area contributed by atoms with Crippen LogP contribution in [-0.2, 0) is 6.42 Å². The fraction of sp³-hybridized carbons (Fsp3) is 0.643. The lowest BCUT2D eigenvalue weighted by molar-refractivity contribution is 0.349. The van der Waals surface area contributed by atoms with Gasteiger partial charge in [0.15, 0.2) is 0 Å². The summed E-state index contributed by atoms with van der Waals surface area (Å²) < 4.78 is 1.08. The maximum absolute atomic E-state index is 4.25. The van der Waals surface area contributed by atoms with E-state index in [4.69, 9.17) is 0 Å². The molecule has 1 aromatic heterocycles. The van der Waals surface area contributed by atoms with Gasteiger partial charge in [0.05, 0.1) is 0 Å². The van der Waals surface area contributed by atoms with Gasteiger partial charge in [0, 0.05) is 22.9 Å². The molecule has 2 fully saturated rings. The highest BCUT2D eigenvalue weighted by Crippen LogP contribution is 2.55. The highest BCUT2D eigenvalue weighted by Gasteiger charge is 2.47. The molecule has 2 aliphatic rings. The number of hydrogen-bond donors (Lipinski definition) is 1. The molecule has 17 heavy (non-hydrogen) atoms. The number of aromatic nitrogens is 1.